The number of rotatable bonds is 4. The normalized spacial score (nSPS) is 16.3. The van der Waals surface area contributed by atoms with Crippen molar-refractivity contribution in [2.45, 2.75) is 23.8 Å². The molecular weight excluding hydrogens is 272 g/mol. The van der Waals surface area contributed by atoms with Crippen molar-refractivity contribution in [1.29, 1.82) is 0 Å². The van der Waals surface area contributed by atoms with E-state index in [2.05, 4.69) is 0 Å². The maximum atomic E-state index is 12.1. The minimum atomic E-state index is -1.42. The van der Waals surface area contributed by atoms with E-state index in [4.69, 9.17) is 17.3 Å². The minimum absolute atomic E-state index is 0.0289. The maximum Gasteiger partial charge on any atom is 0.235 e. The zero-order chi connectivity index (χ0) is 13.3. The summed E-state index contributed by atoms with van der Waals surface area (Å²) in [5.74, 6) is -0.135. The fraction of sp³-hybridized carbons (Fsp3) is 0.417. The zero-order valence-electron chi connectivity index (χ0n) is 10.1. The number of carbonyl (C=O) groups is 1. The first-order chi connectivity index (χ1) is 8.49. The van der Waals surface area contributed by atoms with Gasteiger partial charge in [-0.15, -0.1) is 0 Å². The van der Waals surface area contributed by atoms with Gasteiger partial charge in [0, 0.05) is 23.8 Å². The number of nitrogens with zero attached hydrogens (tertiary/aromatic N) is 1. The number of amides is 1. The average Bonchev–Trinajstić information content (AvgIpc) is 3.11. The predicted octanol–water partition coefficient (Wildman–Crippen LogP) is 1.65. The summed E-state index contributed by atoms with van der Waals surface area (Å²) in [7, 11) is 0.335. The molecule has 1 aliphatic rings. The van der Waals surface area contributed by atoms with Crippen LogP contribution in [0.1, 0.15) is 12.8 Å². The summed E-state index contributed by atoms with van der Waals surface area (Å²) in [6, 6.07) is 5.11. The molecule has 1 aliphatic carbocycles. The molecule has 0 spiro atoms. The molecule has 1 aromatic carbocycles. The van der Waals surface area contributed by atoms with E-state index in [9.17, 15) is 9.00 Å². The van der Waals surface area contributed by atoms with E-state index < -0.39 is 10.8 Å². The molecule has 6 heteroatoms. The minimum Gasteiger partial charge on any atom is -0.398 e. The monoisotopic (exact) mass is 286 g/mol. The van der Waals surface area contributed by atoms with Gasteiger partial charge in [0.15, 0.2) is 0 Å². The Bertz CT molecular complexity index is 503. The number of nitrogens with two attached hydrogens (primary N) is 1. The van der Waals surface area contributed by atoms with Crippen LogP contribution >= 0.6 is 11.6 Å². The summed E-state index contributed by atoms with van der Waals surface area (Å²) in [5, 5.41) is 0.495. The van der Waals surface area contributed by atoms with Crippen molar-refractivity contribution in [2.75, 3.05) is 18.5 Å². The second-order valence-electron chi connectivity index (χ2n) is 4.41. The summed E-state index contributed by atoms with van der Waals surface area (Å²) < 4.78 is 12.1. The lowest BCUT2D eigenvalue weighted by molar-refractivity contribution is -0.127. The van der Waals surface area contributed by atoms with Crippen molar-refractivity contribution in [1.82, 2.24) is 4.90 Å². The highest BCUT2D eigenvalue weighted by molar-refractivity contribution is 7.86. The molecule has 0 bridgehead atoms. The van der Waals surface area contributed by atoms with Gasteiger partial charge >= 0.3 is 0 Å². The molecule has 4 nitrogen and oxygen atoms in total. The summed E-state index contributed by atoms with van der Waals surface area (Å²) in [5.41, 5.74) is 6.11. The van der Waals surface area contributed by atoms with Crippen LogP contribution in [0, 0.1) is 0 Å². The van der Waals surface area contributed by atoms with E-state index in [1.54, 1.807) is 30.1 Å². The molecule has 0 radical (unpaired) electrons. The van der Waals surface area contributed by atoms with E-state index in [1.807, 2.05) is 0 Å². The standard InChI is InChI=1S/C12H15ClN2O2S/c1-15(9-3-4-9)12(16)7-18(17)11-5-2-8(13)6-10(11)14/h2,5-6,9H,3-4,7,14H2,1H3. The van der Waals surface area contributed by atoms with Gasteiger partial charge in [0.25, 0.3) is 0 Å². The maximum absolute atomic E-state index is 12.1. The Morgan fingerprint density at radius 2 is 2.22 bits per heavy atom. The van der Waals surface area contributed by atoms with Gasteiger partial charge in [-0.3, -0.25) is 9.00 Å². The lowest BCUT2D eigenvalue weighted by atomic mass is 10.3. The van der Waals surface area contributed by atoms with Crippen LogP contribution < -0.4 is 5.73 Å². The number of hydrogen-bond donors (Lipinski definition) is 1. The molecule has 1 unspecified atom stereocenters. The highest BCUT2D eigenvalue weighted by Crippen LogP contribution is 2.26. The third-order valence-electron chi connectivity index (χ3n) is 2.96. The number of halogens is 1. The molecule has 1 amide bonds. The molecule has 0 heterocycles. The second kappa shape index (κ2) is 5.28. The summed E-state index contributed by atoms with van der Waals surface area (Å²) in [6.07, 6.45) is 2.08. The lowest BCUT2D eigenvalue weighted by Gasteiger charge is -2.16. The molecule has 1 fully saturated rings. The van der Waals surface area contributed by atoms with Gasteiger partial charge in [0.1, 0.15) is 5.75 Å². The number of hydrogen-bond acceptors (Lipinski definition) is 3. The Kier molecular flexibility index (Phi) is 3.92. The topological polar surface area (TPSA) is 63.4 Å². The van der Waals surface area contributed by atoms with Crippen LogP contribution in [0.2, 0.25) is 5.02 Å². The Morgan fingerprint density at radius 1 is 1.56 bits per heavy atom. The fourth-order valence-electron chi connectivity index (χ4n) is 1.68. The predicted molar refractivity (Wildman–Crippen MR) is 72.9 cm³/mol. The average molecular weight is 287 g/mol. The van der Waals surface area contributed by atoms with Gasteiger partial charge in [-0.1, -0.05) is 11.6 Å². The molecule has 0 saturated heterocycles. The van der Waals surface area contributed by atoms with Crippen molar-refractivity contribution in [3.8, 4) is 0 Å². The lowest BCUT2D eigenvalue weighted by Crippen LogP contribution is -2.32. The van der Waals surface area contributed by atoms with E-state index in [0.717, 1.165) is 12.8 Å². The van der Waals surface area contributed by atoms with Crippen LogP contribution in [0.25, 0.3) is 0 Å². The third-order valence-corrected chi connectivity index (χ3v) is 4.57. The zero-order valence-corrected chi connectivity index (χ0v) is 11.6. The molecule has 18 heavy (non-hydrogen) atoms. The van der Waals surface area contributed by atoms with E-state index in [-0.39, 0.29) is 11.7 Å². The fourth-order valence-corrected chi connectivity index (χ4v) is 2.99. The van der Waals surface area contributed by atoms with Gasteiger partial charge in [0.05, 0.1) is 15.7 Å². The molecule has 98 valence electrons. The largest absolute Gasteiger partial charge is 0.398 e. The van der Waals surface area contributed by atoms with Crippen molar-refractivity contribution >= 4 is 34.0 Å². The number of anilines is 1. The third kappa shape index (κ3) is 3.03. The highest BCUT2D eigenvalue weighted by Gasteiger charge is 2.30. The highest BCUT2D eigenvalue weighted by atomic mass is 35.5. The number of nitrogen functional groups attached to an aromatic ring is 1. The van der Waals surface area contributed by atoms with E-state index in [0.29, 0.717) is 21.6 Å². The first-order valence-corrected chi connectivity index (χ1v) is 7.38. The summed E-state index contributed by atoms with van der Waals surface area (Å²) >= 11 is 5.77. The van der Waals surface area contributed by atoms with Crippen LogP contribution in [0.5, 0.6) is 0 Å². The van der Waals surface area contributed by atoms with Gasteiger partial charge < -0.3 is 10.6 Å². The van der Waals surface area contributed by atoms with E-state index >= 15 is 0 Å². The number of benzene rings is 1. The molecule has 2 N–H and O–H groups in total. The molecule has 2 rings (SSSR count). The van der Waals surface area contributed by atoms with Crippen LogP contribution in [0.3, 0.4) is 0 Å². The van der Waals surface area contributed by atoms with Crippen LogP contribution in [0.15, 0.2) is 23.1 Å². The molecule has 0 aliphatic heterocycles. The van der Waals surface area contributed by atoms with Crippen LogP contribution in [-0.4, -0.2) is 33.9 Å². The van der Waals surface area contributed by atoms with Gasteiger partial charge in [-0.2, -0.15) is 0 Å². The van der Waals surface area contributed by atoms with Gasteiger partial charge in [-0.25, -0.2) is 0 Å². The quantitative estimate of drug-likeness (QED) is 0.856. The van der Waals surface area contributed by atoms with Crippen molar-refractivity contribution in [3.63, 3.8) is 0 Å². The molecular formula is C12H15ClN2O2S. The van der Waals surface area contributed by atoms with Gasteiger partial charge in [-0.05, 0) is 31.0 Å². The second-order valence-corrected chi connectivity index (χ2v) is 6.26. The molecule has 1 aromatic rings. The summed E-state index contributed by atoms with van der Waals surface area (Å²) in [6.45, 7) is 0. The smallest absolute Gasteiger partial charge is 0.235 e. The Hall–Kier alpha value is -1.07. The van der Waals surface area contributed by atoms with Gasteiger partial charge in [0.2, 0.25) is 5.91 Å². The molecule has 1 saturated carbocycles. The molecule has 1 atom stereocenters. The van der Waals surface area contributed by atoms with Crippen molar-refractivity contribution in [3.05, 3.63) is 23.2 Å². The summed E-state index contributed by atoms with van der Waals surface area (Å²) in [4.78, 5) is 14.0. The van der Waals surface area contributed by atoms with E-state index in [1.165, 1.54) is 0 Å². The first kappa shape index (κ1) is 13.4. The Labute approximate surface area is 114 Å². The number of carbonyl (C=O) groups excluding carboxylic acids is 1. The first-order valence-electron chi connectivity index (χ1n) is 5.68. The van der Waals surface area contributed by atoms with Crippen LogP contribution in [0.4, 0.5) is 5.69 Å². The Balaban J connectivity index is 2.04. The van der Waals surface area contributed by atoms with Crippen LogP contribution in [-0.2, 0) is 15.6 Å². The Morgan fingerprint density at radius 3 is 2.78 bits per heavy atom. The van der Waals surface area contributed by atoms with Crippen molar-refractivity contribution in [2.24, 2.45) is 0 Å². The SMILES string of the molecule is CN(C(=O)CS(=O)c1ccc(Cl)cc1N)C1CC1. The molecule has 0 aromatic heterocycles. The van der Waals surface area contributed by atoms with Crippen molar-refractivity contribution < 1.29 is 9.00 Å².